The Morgan fingerprint density at radius 2 is 1.44 bits per heavy atom. The van der Waals surface area contributed by atoms with E-state index in [2.05, 4.69) is 67.3 Å². The van der Waals surface area contributed by atoms with Crippen LogP contribution in [0.15, 0.2) is 48.5 Å². The highest BCUT2D eigenvalue weighted by molar-refractivity contribution is 5.80. The van der Waals surface area contributed by atoms with Crippen LogP contribution in [-0.2, 0) is 14.3 Å². The van der Waals surface area contributed by atoms with Crippen LogP contribution in [-0.4, -0.2) is 43.2 Å². The zero-order chi connectivity index (χ0) is 25.5. The zero-order valence-electron chi connectivity index (χ0n) is 21.9. The highest BCUT2D eigenvalue weighted by atomic mass is 16.5. The summed E-state index contributed by atoms with van der Waals surface area (Å²) in [7, 11) is 3.20. The summed E-state index contributed by atoms with van der Waals surface area (Å²) in [5.41, 5.74) is 7.27. The van der Waals surface area contributed by atoms with E-state index >= 15 is 0 Å². The molecule has 2 heterocycles. The maximum Gasteiger partial charge on any atom is 0.305 e. The first-order chi connectivity index (χ1) is 17.5. The van der Waals surface area contributed by atoms with Crippen molar-refractivity contribution in [2.45, 2.75) is 58.5 Å². The van der Waals surface area contributed by atoms with Gasteiger partial charge in [-0.2, -0.15) is 0 Å². The van der Waals surface area contributed by atoms with Crippen LogP contribution < -0.4 is 4.90 Å². The Morgan fingerprint density at radius 3 is 2.03 bits per heavy atom. The molecule has 3 aromatic rings. The molecule has 0 bridgehead atoms. The van der Waals surface area contributed by atoms with E-state index < -0.39 is 0 Å². The average molecular weight is 488 g/mol. The molecule has 190 valence electrons. The third-order valence-corrected chi connectivity index (χ3v) is 6.89. The average Bonchev–Trinajstić information content (AvgIpc) is 2.90. The number of aromatic nitrogens is 2. The van der Waals surface area contributed by atoms with Crippen LogP contribution in [0.25, 0.3) is 22.5 Å². The minimum absolute atomic E-state index is 0.0694. The van der Waals surface area contributed by atoms with Crippen LogP contribution in [0.1, 0.15) is 61.4 Å². The lowest BCUT2D eigenvalue weighted by Gasteiger charge is -2.34. The third-order valence-electron chi connectivity index (χ3n) is 6.89. The molecule has 1 unspecified atom stereocenters. The summed E-state index contributed by atoms with van der Waals surface area (Å²) in [5, 5.41) is 0. The Hall–Kier alpha value is -3.25. The molecule has 6 heteroatoms. The van der Waals surface area contributed by atoms with E-state index in [4.69, 9.17) is 19.4 Å². The maximum absolute atomic E-state index is 11.3. The molecule has 1 aliphatic rings. The number of benzene rings is 2. The van der Waals surface area contributed by atoms with Gasteiger partial charge in [0.1, 0.15) is 11.8 Å². The van der Waals surface area contributed by atoms with Crippen molar-refractivity contribution in [2.24, 2.45) is 0 Å². The van der Waals surface area contributed by atoms with Crippen LogP contribution in [0.2, 0.25) is 0 Å². The lowest BCUT2D eigenvalue weighted by atomic mass is 10.00. The number of carbonyl (C=O) groups excluding carboxylic acids is 1. The first-order valence-corrected chi connectivity index (χ1v) is 12.9. The summed E-state index contributed by atoms with van der Waals surface area (Å²) in [6.07, 6.45) is 5.30. The van der Waals surface area contributed by atoms with Gasteiger partial charge in [-0.05, 0) is 33.1 Å². The fourth-order valence-corrected chi connectivity index (χ4v) is 4.70. The van der Waals surface area contributed by atoms with Crippen molar-refractivity contribution in [1.29, 1.82) is 0 Å². The molecule has 2 aromatic carbocycles. The highest BCUT2D eigenvalue weighted by Gasteiger charge is 2.30. The largest absolute Gasteiger partial charge is 0.469 e. The third kappa shape index (κ3) is 6.11. The van der Waals surface area contributed by atoms with Crippen molar-refractivity contribution < 1.29 is 14.3 Å². The number of hydrogen-bond donors (Lipinski definition) is 0. The molecule has 4 rings (SSSR count). The Kier molecular flexibility index (Phi) is 8.70. The number of hydrogen-bond acceptors (Lipinski definition) is 6. The number of unbranched alkanes of at least 4 members (excludes halogenated alkanes) is 3. The van der Waals surface area contributed by atoms with Crippen LogP contribution in [0, 0.1) is 13.8 Å². The number of methoxy groups -OCH3 is 2. The smallest absolute Gasteiger partial charge is 0.305 e. The van der Waals surface area contributed by atoms with E-state index in [0.717, 1.165) is 79.2 Å². The lowest BCUT2D eigenvalue weighted by Crippen LogP contribution is -2.34. The molecule has 6 nitrogen and oxygen atoms in total. The van der Waals surface area contributed by atoms with E-state index in [9.17, 15) is 4.79 Å². The number of esters is 1. The van der Waals surface area contributed by atoms with Gasteiger partial charge in [-0.1, -0.05) is 72.5 Å². The zero-order valence-corrected chi connectivity index (χ0v) is 21.9. The fraction of sp³-hybridized carbons (Fsp3) is 0.433. The molecule has 0 saturated heterocycles. The van der Waals surface area contributed by atoms with Crippen molar-refractivity contribution in [1.82, 2.24) is 9.97 Å². The summed E-state index contributed by atoms with van der Waals surface area (Å²) < 4.78 is 10.6. The molecule has 0 spiro atoms. The van der Waals surface area contributed by atoms with Gasteiger partial charge in [-0.15, -0.1) is 0 Å². The SMILES string of the molecule is COC(=O)CCCCCCN1CCC(OC)c2nc(-c3ccc(C)cc3)c(-c3ccc(C)cc3)nc21. The molecule has 0 amide bonds. The predicted molar refractivity (Wildman–Crippen MR) is 144 cm³/mol. The van der Waals surface area contributed by atoms with Crippen molar-refractivity contribution in [3.05, 3.63) is 65.4 Å². The van der Waals surface area contributed by atoms with Crippen molar-refractivity contribution in [3.63, 3.8) is 0 Å². The van der Waals surface area contributed by atoms with Gasteiger partial charge in [0.15, 0.2) is 5.82 Å². The normalized spacial score (nSPS) is 15.0. The molecule has 1 atom stereocenters. The molecule has 1 aromatic heterocycles. The van der Waals surface area contributed by atoms with Crippen molar-refractivity contribution in [2.75, 3.05) is 32.2 Å². The minimum atomic E-state index is -0.131. The predicted octanol–water partition coefficient (Wildman–Crippen LogP) is 6.45. The molecule has 1 aliphatic heterocycles. The van der Waals surface area contributed by atoms with Crippen LogP contribution in [0.3, 0.4) is 0 Å². The number of carbonyl (C=O) groups is 1. The highest BCUT2D eigenvalue weighted by Crippen LogP contribution is 2.39. The standard InChI is InChI=1S/C30H37N3O3/c1-21-10-14-23(15-11-21)27-28(24-16-12-22(2)13-17-24)32-30-29(31-27)25(35-3)18-20-33(30)19-8-6-5-7-9-26(34)36-4/h10-17,25H,5-9,18-20H2,1-4H3. The molecule has 0 fully saturated rings. The Balaban J connectivity index is 1.64. The van der Waals surface area contributed by atoms with E-state index in [1.54, 1.807) is 7.11 Å². The number of ether oxygens (including phenoxy) is 2. The number of aryl methyl sites for hydroxylation is 2. The minimum Gasteiger partial charge on any atom is -0.469 e. The van der Waals surface area contributed by atoms with Gasteiger partial charge >= 0.3 is 5.97 Å². The first-order valence-electron chi connectivity index (χ1n) is 12.9. The molecule has 0 aliphatic carbocycles. The van der Waals surface area contributed by atoms with E-state index in [1.807, 2.05) is 0 Å². The number of fused-ring (bicyclic) bond motifs is 1. The number of nitrogens with zero attached hydrogens (tertiary/aromatic N) is 3. The summed E-state index contributed by atoms with van der Waals surface area (Å²) in [4.78, 5) is 24.2. The first kappa shape index (κ1) is 25.8. The second kappa shape index (κ2) is 12.1. The fourth-order valence-electron chi connectivity index (χ4n) is 4.70. The second-order valence-corrected chi connectivity index (χ2v) is 9.60. The Bertz CT molecular complexity index is 1160. The number of rotatable bonds is 10. The van der Waals surface area contributed by atoms with Crippen LogP contribution in [0.4, 0.5) is 5.82 Å². The summed E-state index contributed by atoms with van der Waals surface area (Å²) >= 11 is 0. The Morgan fingerprint density at radius 1 is 0.861 bits per heavy atom. The summed E-state index contributed by atoms with van der Waals surface area (Å²) in [6.45, 7) is 5.99. The van der Waals surface area contributed by atoms with Gasteiger partial charge in [0.25, 0.3) is 0 Å². The van der Waals surface area contributed by atoms with Gasteiger partial charge in [-0.25, -0.2) is 9.97 Å². The van der Waals surface area contributed by atoms with Gasteiger partial charge in [0.2, 0.25) is 0 Å². The second-order valence-electron chi connectivity index (χ2n) is 9.60. The molecular weight excluding hydrogens is 450 g/mol. The molecule has 36 heavy (non-hydrogen) atoms. The molecular formula is C30H37N3O3. The summed E-state index contributed by atoms with van der Waals surface area (Å²) in [5.74, 6) is 0.794. The topological polar surface area (TPSA) is 64.5 Å². The van der Waals surface area contributed by atoms with Gasteiger partial charge < -0.3 is 14.4 Å². The molecule has 0 N–H and O–H groups in total. The maximum atomic E-state index is 11.3. The monoisotopic (exact) mass is 487 g/mol. The van der Waals surface area contributed by atoms with Gasteiger partial charge in [0, 0.05) is 37.7 Å². The molecule has 0 radical (unpaired) electrons. The lowest BCUT2D eigenvalue weighted by molar-refractivity contribution is -0.140. The quantitative estimate of drug-likeness (QED) is 0.242. The van der Waals surface area contributed by atoms with Crippen molar-refractivity contribution >= 4 is 11.8 Å². The van der Waals surface area contributed by atoms with Gasteiger partial charge in [-0.3, -0.25) is 4.79 Å². The van der Waals surface area contributed by atoms with E-state index in [-0.39, 0.29) is 12.1 Å². The van der Waals surface area contributed by atoms with Gasteiger partial charge in [0.05, 0.1) is 18.5 Å². The van der Waals surface area contributed by atoms with Crippen LogP contribution in [0.5, 0.6) is 0 Å². The van der Waals surface area contributed by atoms with E-state index in [1.165, 1.54) is 18.2 Å². The molecule has 0 saturated carbocycles. The van der Waals surface area contributed by atoms with Crippen molar-refractivity contribution in [3.8, 4) is 22.5 Å². The van der Waals surface area contributed by atoms with E-state index in [0.29, 0.717) is 6.42 Å². The Labute approximate surface area is 214 Å². The summed E-state index contributed by atoms with van der Waals surface area (Å²) in [6, 6.07) is 17.0. The van der Waals surface area contributed by atoms with Crippen LogP contribution >= 0.6 is 0 Å². The number of anilines is 1.